The number of hydrogen-bond acceptors (Lipinski definition) is 6. The number of nitrogens with zero attached hydrogens (tertiary/aromatic N) is 1. The molecule has 0 saturated heterocycles. The highest BCUT2D eigenvalue weighted by Crippen LogP contribution is 2.40. The van der Waals surface area contributed by atoms with Crippen molar-refractivity contribution < 1.29 is 19.0 Å². The first-order valence-corrected chi connectivity index (χ1v) is 7.32. The van der Waals surface area contributed by atoms with E-state index < -0.39 is 5.91 Å². The van der Waals surface area contributed by atoms with E-state index in [1.165, 1.54) is 6.20 Å². The van der Waals surface area contributed by atoms with Crippen LogP contribution in [0.15, 0.2) is 30.5 Å². The van der Waals surface area contributed by atoms with Gasteiger partial charge in [-0.1, -0.05) is 0 Å². The number of hydrogen-bond donors (Lipinski definition) is 2. The number of carbonyl (C=O) groups is 1. The Bertz CT molecular complexity index is 709. The van der Waals surface area contributed by atoms with Crippen molar-refractivity contribution in [1.29, 1.82) is 0 Å². The van der Waals surface area contributed by atoms with Crippen LogP contribution in [0.5, 0.6) is 17.2 Å². The number of nitrogens with one attached hydrogen (secondary N) is 1. The van der Waals surface area contributed by atoms with Gasteiger partial charge in [-0.15, -0.1) is 0 Å². The molecule has 1 aromatic heterocycles. The van der Waals surface area contributed by atoms with Gasteiger partial charge in [0.2, 0.25) is 11.7 Å². The molecule has 7 nitrogen and oxygen atoms in total. The maximum absolute atomic E-state index is 11.3. The molecule has 1 amide bonds. The second kappa shape index (κ2) is 7.54. The third kappa shape index (κ3) is 3.68. The number of amides is 1. The average Bonchev–Trinajstić information content (AvgIpc) is 2.60. The summed E-state index contributed by atoms with van der Waals surface area (Å²) in [5, 5.41) is 3.22. The Balaban J connectivity index is 2.31. The second-order valence-electron chi connectivity index (χ2n) is 5.12. The highest BCUT2D eigenvalue weighted by Gasteiger charge is 2.16. The number of pyridine rings is 1. The van der Waals surface area contributed by atoms with Crippen molar-refractivity contribution in [2.24, 2.45) is 5.73 Å². The standard InChI is InChI=1S/C17H21N3O4/c1-10(20-15-9-11(17(18)21)5-6-19-15)12-7-13(22-2)16(24-4)14(8-12)23-3/h5-10H,1-4H3,(H2,18,21)(H,19,20)/t10-/m1/s1. The van der Waals surface area contributed by atoms with Crippen molar-refractivity contribution in [3.8, 4) is 17.2 Å². The van der Waals surface area contributed by atoms with Gasteiger partial charge in [-0.3, -0.25) is 4.79 Å². The van der Waals surface area contributed by atoms with Crippen LogP contribution in [-0.2, 0) is 0 Å². The van der Waals surface area contributed by atoms with Crippen LogP contribution >= 0.6 is 0 Å². The summed E-state index contributed by atoms with van der Waals surface area (Å²) in [5.74, 6) is 1.72. The SMILES string of the molecule is COc1cc([C@@H](C)Nc2cc(C(N)=O)ccn2)cc(OC)c1OC. The van der Waals surface area contributed by atoms with Crippen LogP contribution in [0.2, 0.25) is 0 Å². The molecular weight excluding hydrogens is 310 g/mol. The molecule has 0 aliphatic heterocycles. The number of ether oxygens (including phenoxy) is 3. The molecule has 1 heterocycles. The van der Waals surface area contributed by atoms with Gasteiger partial charge >= 0.3 is 0 Å². The summed E-state index contributed by atoms with van der Waals surface area (Å²) in [6.07, 6.45) is 1.53. The molecule has 0 aliphatic carbocycles. The predicted octanol–water partition coefficient (Wildman–Crippen LogP) is 2.38. The van der Waals surface area contributed by atoms with Crippen molar-refractivity contribution in [1.82, 2.24) is 4.98 Å². The van der Waals surface area contributed by atoms with Crippen LogP contribution in [0.4, 0.5) is 5.82 Å². The van der Waals surface area contributed by atoms with Crippen LogP contribution in [-0.4, -0.2) is 32.2 Å². The minimum absolute atomic E-state index is 0.116. The van der Waals surface area contributed by atoms with Crippen LogP contribution in [0.3, 0.4) is 0 Å². The zero-order valence-electron chi connectivity index (χ0n) is 14.1. The Kier molecular flexibility index (Phi) is 5.47. The van der Waals surface area contributed by atoms with E-state index in [9.17, 15) is 4.79 Å². The molecule has 0 saturated carbocycles. The predicted molar refractivity (Wildman–Crippen MR) is 90.9 cm³/mol. The first-order valence-electron chi connectivity index (χ1n) is 7.32. The Hall–Kier alpha value is -2.96. The third-order valence-electron chi connectivity index (χ3n) is 3.60. The molecule has 0 spiro atoms. The van der Waals surface area contributed by atoms with Crippen LogP contribution < -0.4 is 25.3 Å². The molecule has 128 valence electrons. The van der Waals surface area contributed by atoms with E-state index in [-0.39, 0.29) is 6.04 Å². The highest BCUT2D eigenvalue weighted by molar-refractivity contribution is 5.93. The van der Waals surface area contributed by atoms with E-state index in [0.29, 0.717) is 28.6 Å². The maximum atomic E-state index is 11.3. The minimum Gasteiger partial charge on any atom is -0.493 e. The van der Waals surface area contributed by atoms with Gasteiger partial charge in [-0.25, -0.2) is 4.98 Å². The quantitative estimate of drug-likeness (QED) is 0.809. The number of carbonyl (C=O) groups excluding carboxylic acids is 1. The van der Waals surface area contributed by atoms with E-state index in [4.69, 9.17) is 19.9 Å². The summed E-state index contributed by atoms with van der Waals surface area (Å²) < 4.78 is 16.0. The molecule has 2 aromatic rings. The van der Waals surface area contributed by atoms with Crippen LogP contribution in [0.1, 0.15) is 28.9 Å². The maximum Gasteiger partial charge on any atom is 0.248 e. The Labute approximate surface area is 140 Å². The van der Waals surface area contributed by atoms with E-state index in [2.05, 4.69) is 10.3 Å². The monoisotopic (exact) mass is 331 g/mol. The summed E-state index contributed by atoms with van der Waals surface area (Å²) >= 11 is 0. The molecular formula is C17H21N3O4. The van der Waals surface area contributed by atoms with Gasteiger partial charge in [0.15, 0.2) is 11.5 Å². The van der Waals surface area contributed by atoms with Gasteiger partial charge in [-0.2, -0.15) is 0 Å². The lowest BCUT2D eigenvalue weighted by Gasteiger charge is -2.19. The Morgan fingerprint density at radius 3 is 2.25 bits per heavy atom. The molecule has 0 unspecified atom stereocenters. The fraction of sp³-hybridized carbons (Fsp3) is 0.294. The van der Waals surface area contributed by atoms with E-state index in [1.807, 2.05) is 19.1 Å². The van der Waals surface area contributed by atoms with Crippen molar-refractivity contribution in [2.75, 3.05) is 26.6 Å². The second-order valence-corrected chi connectivity index (χ2v) is 5.12. The summed E-state index contributed by atoms with van der Waals surface area (Å²) in [7, 11) is 4.69. The van der Waals surface area contributed by atoms with E-state index >= 15 is 0 Å². The molecule has 0 bridgehead atoms. The number of aromatic nitrogens is 1. The lowest BCUT2D eigenvalue weighted by molar-refractivity contribution is 0.1000. The number of primary amides is 1. The lowest BCUT2D eigenvalue weighted by Crippen LogP contribution is -2.13. The summed E-state index contributed by atoms with van der Waals surface area (Å²) in [5.41, 5.74) is 6.60. The van der Waals surface area contributed by atoms with Crippen LogP contribution in [0, 0.1) is 0 Å². The topological polar surface area (TPSA) is 95.7 Å². The fourth-order valence-corrected chi connectivity index (χ4v) is 2.32. The normalized spacial score (nSPS) is 11.5. The van der Waals surface area contributed by atoms with Gasteiger partial charge in [0, 0.05) is 11.8 Å². The van der Waals surface area contributed by atoms with E-state index in [1.54, 1.807) is 33.5 Å². The molecule has 2 rings (SSSR count). The minimum atomic E-state index is -0.499. The average molecular weight is 331 g/mol. The zero-order chi connectivity index (χ0) is 17.7. The fourth-order valence-electron chi connectivity index (χ4n) is 2.32. The largest absolute Gasteiger partial charge is 0.493 e. The highest BCUT2D eigenvalue weighted by atomic mass is 16.5. The van der Waals surface area contributed by atoms with Gasteiger partial charge in [0.25, 0.3) is 0 Å². The summed E-state index contributed by atoms with van der Waals surface area (Å²) in [6, 6.07) is 6.77. The number of anilines is 1. The summed E-state index contributed by atoms with van der Waals surface area (Å²) in [6.45, 7) is 1.96. The lowest BCUT2D eigenvalue weighted by atomic mass is 10.1. The Morgan fingerprint density at radius 1 is 1.12 bits per heavy atom. The molecule has 0 fully saturated rings. The number of nitrogens with two attached hydrogens (primary N) is 1. The van der Waals surface area contributed by atoms with Crippen LogP contribution in [0.25, 0.3) is 0 Å². The molecule has 0 radical (unpaired) electrons. The summed E-state index contributed by atoms with van der Waals surface area (Å²) in [4.78, 5) is 15.5. The molecule has 7 heteroatoms. The number of benzene rings is 1. The van der Waals surface area contributed by atoms with Crippen molar-refractivity contribution >= 4 is 11.7 Å². The van der Waals surface area contributed by atoms with Gasteiger partial charge in [0.1, 0.15) is 5.82 Å². The molecule has 1 aromatic carbocycles. The van der Waals surface area contributed by atoms with Crippen molar-refractivity contribution in [2.45, 2.75) is 13.0 Å². The molecule has 0 aliphatic rings. The first-order chi connectivity index (χ1) is 11.5. The molecule has 3 N–H and O–H groups in total. The smallest absolute Gasteiger partial charge is 0.248 e. The molecule has 1 atom stereocenters. The van der Waals surface area contributed by atoms with E-state index in [0.717, 1.165) is 5.56 Å². The third-order valence-corrected chi connectivity index (χ3v) is 3.60. The number of rotatable bonds is 7. The first kappa shape index (κ1) is 17.4. The van der Waals surface area contributed by atoms with Crippen molar-refractivity contribution in [3.05, 3.63) is 41.6 Å². The van der Waals surface area contributed by atoms with Gasteiger partial charge in [-0.05, 0) is 36.8 Å². The zero-order valence-corrected chi connectivity index (χ0v) is 14.1. The van der Waals surface area contributed by atoms with Gasteiger partial charge in [0.05, 0.1) is 27.4 Å². The number of methoxy groups -OCH3 is 3. The van der Waals surface area contributed by atoms with Gasteiger partial charge < -0.3 is 25.3 Å². The molecule has 24 heavy (non-hydrogen) atoms. The van der Waals surface area contributed by atoms with Crippen molar-refractivity contribution in [3.63, 3.8) is 0 Å². The Morgan fingerprint density at radius 2 is 1.75 bits per heavy atom.